The number of nitrogens with zero attached hydrogens (tertiary/aromatic N) is 4. The van der Waals surface area contributed by atoms with Crippen molar-refractivity contribution < 1.29 is 0 Å². The lowest BCUT2D eigenvalue weighted by molar-refractivity contribution is 1.03. The van der Waals surface area contributed by atoms with Crippen molar-refractivity contribution in [3.63, 3.8) is 0 Å². The second-order valence-electron chi connectivity index (χ2n) is 1.94. The highest BCUT2D eigenvalue weighted by atomic mass is 15.1. The van der Waals surface area contributed by atoms with E-state index in [1.807, 2.05) is 0 Å². The van der Waals surface area contributed by atoms with Crippen LogP contribution in [0.2, 0.25) is 0 Å². The number of nitrogens with two attached hydrogens (primary N) is 1. The summed E-state index contributed by atoms with van der Waals surface area (Å²) < 4.78 is 0. The molecule has 0 radical (unpaired) electrons. The van der Waals surface area contributed by atoms with E-state index < -0.39 is 0 Å². The van der Waals surface area contributed by atoms with Gasteiger partial charge in [-0.1, -0.05) is 11.2 Å². The standard InChI is InChI=1S/C6H7N5/c7-6-5(4-10-11-8)2-1-3-9-6/h1-3H,4H2,(H2,7,9). The second-order valence-corrected chi connectivity index (χ2v) is 1.94. The first-order valence-corrected chi connectivity index (χ1v) is 3.05. The summed E-state index contributed by atoms with van der Waals surface area (Å²) in [5.41, 5.74) is 14.2. The van der Waals surface area contributed by atoms with E-state index in [9.17, 15) is 0 Å². The van der Waals surface area contributed by atoms with Crippen LogP contribution in [0.25, 0.3) is 10.4 Å². The van der Waals surface area contributed by atoms with E-state index in [1.54, 1.807) is 18.3 Å². The molecule has 0 unspecified atom stereocenters. The van der Waals surface area contributed by atoms with Crippen molar-refractivity contribution in [2.75, 3.05) is 5.73 Å². The van der Waals surface area contributed by atoms with Gasteiger partial charge in [-0.15, -0.1) is 0 Å². The van der Waals surface area contributed by atoms with E-state index in [0.717, 1.165) is 5.56 Å². The molecule has 5 heteroatoms. The molecule has 5 nitrogen and oxygen atoms in total. The van der Waals surface area contributed by atoms with Gasteiger partial charge in [-0.05, 0) is 11.6 Å². The summed E-state index contributed by atoms with van der Waals surface area (Å²) in [4.78, 5) is 6.44. The summed E-state index contributed by atoms with van der Waals surface area (Å²) in [7, 11) is 0. The largest absolute Gasteiger partial charge is 0.383 e. The number of azide groups is 1. The van der Waals surface area contributed by atoms with E-state index in [4.69, 9.17) is 11.3 Å². The van der Waals surface area contributed by atoms with Crippen LogP contribution in [-0.4, -0.2) is 4.98 Å². The first kappa shape index (κ1) is 7.37. The van der Waals surface area contributed by atoms with Gasteiger partial charge in [-0.2, -0.15) is 0 Å². The fraction of sp³-hybridized carbons (Fsp3) is 0.167. The molecule has 0 bridgehead atoms. The summed E-state index contributed by atoms with van der Waals surface area (Å²) in [5.74, 6) is 0.417. The number of nitrogen functional groups attached to an aromatic ring is 1. The second kappa shape index (κ2) is 3.43. The molecule has 0 aliphatic carbocycles. The maximum Gasteiger partial charge on any atom is 0.126 e. The third kappa shape index (κ3) is 1.84. The van der Waals surface area contributed by atoms with Gasteiger partial charge in [-0.25, -0.2) is 4.98 Å². The van der Waals surface area contributed by atoms with E-state index in [2.05, 4.69) is 15.0 Å². The summed E-state index contributed by atoms with van der Waals surface area (Å²) in [6.07, 6.45) is 1.59. The van der Waals surface area contributed by atoms with Gasteiger partial charge in [0.1, 0.15) is 5.82 Å². The molecule has 0 saturated carbocycles. The van der Waals surface area contributed by atoms with Gasteiger partial charge in [0, 0.05) is 16.7 Å². The molecular formula is C6H7N5. The first-order chi connectivity index (χ1) is 5.34. The monoisotopic (exact) mass is 149 g/mol. The molecule has 2 N–H and O–H groups in total. The molecule has 56 valence electrons. The van der Waals surface area contributed by atoms with Crippen molar-refractivity contribution in [1.82, 2.24) is 4.98 Å². The van der Waals surface area contributed by atoms with E-state index >= 15 is 0 Å². The van der Waals surface area contributed by atoms with Crippen LogP contribution in [0.3, 0.4) is 0 Å². The van der Waals surface area contributed by atoms with E-state index in [-0.39, 0.29) is 6.54 Å². The summed E-state index contributed by atoms with van der Waals surface area (Å²) in [6, 6.07) is 3.52. The van der Waals surface area contributed by atoms with Crippen LogP contribution in [0.15, 0.2) is 23.4 Å². The van der Waals surface area contributed by atoms with Crippen molar-refractivity contribution in [2.24, 2.45) is 5.11 Å². The number of pyridine rings is 1. The minimum atomic E-state index is 0.260. The molecule has 0 fully saturated rings. The fourth-order valence-corrected chi connectivity index (χ4v) is 0.692. The Morgan fingerprint density at radius 3 is 3.18 bits per heavy atom. The Bertz CT molecular complexity index is 289. The Morgan fingerprint density at radius 1 is 1.73 bits per heavy atom. The Labute approximate surface area is 63.5 Å². The molecule has 1 aromatic heterocycles. The smallest absolute Gasteiger partial charge is 0.126 e. The van der Waals surface area contributed by atoms with Crippen molar-refractivity contribution in [1.29, 1.82) is 0 Å². The number of anilines is 1. The molecule has 11 heavy (non-hydrogen) atoms. The molecule has 0 aromatic carbocycles. The van der Waals surface area contributed by atoms with Crippen molar-refractivity contribution in [2.45, 2.75) is 6.54 Å². The van der Waals surface area contributed by atoms with E-state index in [1.165, 1.54) is 0 Å². The Kier molecular flexibility index (Phi) is 2.30. The van der Waals surface area contributed by atoms with Crippen LogP contribution in [0.1, 0.15) is 5.56 Å². The van der Waals surface area contributed by atoms with Gasteiger partial charge in [0.2, 0.25) is 0 Å². The van der Waals surface area contributed by atoms with Crippen molar-refractivity contribution >= 4 is 5.82 Å². The summed E-state index contributed by atoms with van der Waals surface area (Å²) >= 11 is 0. The SMILES string of the molecule is [N-]=[N+]=NCc1cccnc1N. The number of aromatic nitrogens is 1. The number of hydrogen-bond acceptors (Lipinski definition) is 3. The summed E-state index contributed by atoms with van der Waals surface area (Å²) in [5, 5.41) is 3.36. The molecule has 1 aromatic rings. The molecule has 0 aliphatic heterocycles. The first-order valence-electron chi connectivity index (χ1n) is 3.05. The molecule has 1 rings (SSSR count). The third-order valence-electron chi connectivity index (χ3n) is 1.23. The minimum Gasteiger partial charge on any atom is -0.383 e. The van der Waals surface area contributed by atoms with Gasteiger partial charge in [0.05, 0.1) is 6.54 Å². The van der Waals surface area contributed by atoms with Gasteiger partial charge in [-0.3, -0.25) is 0 Å². The van der Waals surface area contributed by atoms with Gasteiger partial charge in [0.15, 0.2) is 0 Å². The normalized spacial score (nSPS) is 8.73. The highest BCUT2D eigenvalue weighted by molar-refractivity contribution is 5.38. The molecule has 0 aliphatic rings. The van der Waals surface area contributed by atoms with Crippen LogP contribution in [-0.2, 0) is 6.54 Å². The number of rotatable bonds is 2. The Morgan fingerprint density at radius 2 is 2.55 bits per heavy atom. The molecule has 0 amide bonds. The predicted octanol–water partition coefficient (Wildman–Crippen LogP) is 1.47. The summed E-state index contributed by atoms with van der Waals surface area (Å²) in [6.45, 7) is 0.260. The van der Waals surface area contributed by atoms with E-state index in [0.29, 0.717) is 5.82 Å². The number of hydrogen-bond donors (Lipinski definition) is 1. The topological polar surface area (TPSA) is 87.7 Å². The zero-order chi connectivity index (χ0) is 8.10. The van der Waals surface area contributed by atoms with Gasteiger partial charge in [0.25, 0.3) is 0 Å². The zero-order valence-corrected chi connectivity index (χ0v) is 5.81. The third-order valence-corrected chi connectivity index (χ3v) is 1.23. The van der Waals surface area contributed by atoms with Crippen LogP contribution in [0.5, 0.6) is 0 Å². The zero-order valence-electron chi connectivity index (χ0n) is 5.81. The van der Waals surface area contributed by atoms with Crippen molar-refractivity contribution in [3.8, 4) is 0 Å². The highest BCUT2D eigenvalue weighted by Gasteiger charge is 1.94. The van der Waals surface area contributed by atoms with Gasteiger partial charge < -0.3 is 5.73 Å². The Hall–Kier alpha value is -1.74. The predicted molar refractivity (Wildman–Crippen MR) is 41.5 cm³/mol. The van der Waals surface area contributed by atoms with Crippen LogP contribution in [0.4, 0.5) is 5.82 Å². The van der Waals surface area contributed by atoms with Crippen molar-refractivity contribution in [3.05, 3.63) is 34.3 Å². The average Bonchev–Trinajstić information content (AvgIpc) is 2.03. The molecule has 1 heterocycles. The fourth-order valence-electron chi connectivity index (χ4n) is 0.692. The van der Waals surface area contributed by atoms with Crippen LogP contribution < -0.4 is 5.73 Å². The Balaban J connectivity index is 2.85. The molecule has 0 atom stereocenters. The molecule has 0 saturated heterocycles. The minimum absolute atomic E-state index is 0.260. The lowest BCUT2D eigenvalue weighted by Gasteiger charge is -1.97. The lowest BCUT2D eigenvalue weighted by Crippen LogP contribution is -1.94. The lowest BCUT2D eigenvalue weighted by atomic mass is 10.2. The molecular weight excluding hydrogens is 142 g/mol. The molecule has 0 spiro atoms. The van der Waals surface area contributed by atoms with Gasteiger partial charge >= 0.3 is 0 Å². The van der Waals surface area contributed by atoms with Crippen LogP contribution >= 0.6 is 0 Å². The maximum atomic E-state index is 8.02. The quantitative estimate of drug-likeness (QED) is 0.392. The average molecular weight is 149 g/mol. The van der Waals surface area contributed by atoms with Crippen LogP contribution in [0, 0.1) is 0 Å². The highest BCUT2D eigenvalue weighted by Crippen LogP contribution is 2.07. The maximum absolute atomic E-state index is 8.02.